The highest BCUT2D eigenvalue weighted by Gasteiger charge is 2.28. The van der Waals surface area contributed by atoms with Gasteiger partial charge in [-0.25, -0.2) is 0 Å². The molecule has 0 atom stereocenters. The Kier molecular flexibility index (Phi) is 2.66. The summed E-state index contributed by atoms with van der Waals surface area (Å²) in [6.07, 6.45) is 6.18. The fraction of sp³-hybridized carbons (Fsp3) is 1.00. The Morgan fingerprint density at radius 2 is 1.75 bits per heavy atom. The first-order valence-electron chi connectivity index (χ1n) is 5.21. The minimum absolute atomic E-state index is 0.559. The van der Waals surface area contributed by atoms with Gasteiger partial charge >= 0.3 is 0 Å². The van der Waals surface area contributed by atoms with E-state index in [1.54, 1.807) is 0 Å². The molecule has 0 spiro atoms. The van der Waals surface area contributed by atoms with E-state index in [0.717, 1.165) is 19.0 Å². The van der Waals surface area contributed by atoms with E-state index in [1.807, 2.05) is 0 Å². The van der Waals surface area contributed by atoms with E-state index in [1.165, 1.54) is 25.7 Å². The smallest absolute Gasteiger partial charge is 0.0603 e. The van der Waals surface area contributed by atoms with Gasteiger partial charge in [0.05, 0.1) is 12.2 Å². The van der Waals surface area contributed by atoms with E-state index < -0.39 is 0 Å². The number of piperidine rings is 1. The van der Waals surface area contributed by atoms with Crippen LogP contribution in [0, 0.1) is 5.92 Å². The van der Waals surface area contributed by atoms with Gasteiger partial charge in [-0.05, 0) is 44.7 Å². The minimum atomic E-state index is 0.559. The van der Waals surface area contributed by atoms with Crippen LogP contribution in [-0.2, 0) is 4.74 Å². The molecule has 1 N–H and O–H groups in total. The molecule has 1 aliphatic carbocycles. The van der Waals surface area contributed by atoms with Crippen molar-refractivity contribution < 1.29 is 4.74 Å². The second-order valence-corrected chi connectivity index (χ2v) is 4.28. The highest BCUT2D eigenvalue weighted by molar-refractivity contribution is 4.79. The Morgan fingerprint density at radius 3 is 2.33 bits per heavy atom. The van der Waals surface area contributed by atoms with Gasteiger partial charge in [-0.1, -0.05) is 6.92 Å². The average molecular weight is 169 g/mol. The SMILES string of the molecule is C[C@H]1C[C@H](OC2CCNCC2)C1. The van der Waals surface area contributed by atoms with E-state index in [9.17, 15) is 0 Å². The van der Waals surface area contributed by atoms with Crippen LogP contribution in [0.2, 0.25) is 0 Å². The maximum absolute atomic E-state index is 5.96. The first kappa shape index (κ1) is 8.52. The summed E-state index contributed by atoms with van der Waals surface area (Å²) >= 11 is 0. The largest absolute Gasteiger partial charge is 0.375 e. The normalized spacial score (nSPS) is 37.8. The Balaban J connectivity index is 1.65. The zero-order chi connectivity index (χ0) is 8.39. The minimum Gasteiger partial charge on any atom is -0.375 e. The molecule has 0 aromatic carbocycles. The van der Waals surface area contributed by atoms with Crippen LogP contribution in [0.15, 0.2) is 0 Å². The first-order chi connectivity index (χ1) is 5.84. The van der Waals surface area contributed by atoms with Gasteiger partial charge in [-0.15, -0.1) is 0 Å². The average Bonchev–Trinajstić information content (AvgIpc) is 2.04. The monoisotopic (exact) mass is 169 g/mol. The molecule has 0 aromatic heterocycles. The molecule has 70 valence electrons. The first-order valence-corrected chi connectivity index (χ1v) is 5.21. The van der Waals surface area contributed by atoms with Crippen LogP contribution >= 0.6 is 0 Å². The van der Waals surface area contributed by atoms with Crippen molar-refractivity contribution in [3.63, 3.8) is 0 Å². The summed E-state index contributed by atoms with van der Waals surface area (Å²) < 4.78 is 5.96. The molecule has 1 heterocycles. The van der Waals surface area contributed by atoms with Crippen LogP contribution in [0.4, 0.5) is 0 Å². The Bertz CT molecular complexity index is 137. The van der Waals surface area contributed by atoms with Crippen molar-refractivity contribution in [1.29, 1.82) is 0 Å². The van der Waals surface area contributed by atoms with Gasteiger partial charge in [0, 0.05) is 0 Å². The second kappa shape index (κ2) is 3.75. The summed E-state index contributed by atoms with van der Waals surface area (Å²) in [5.74, 6) is 0.914. The lowest BCUT2D eigenvalue weighted by molar-refractivity contribution is -0.0808. The zero-order valence-electron chi connectivity index (χ0n) is 7.88. The third kappa shape index (κ3) is 1.99. The number of ether oxygens (including phenoxy) is 1. The summed E-state index contributed by atoms with van der Waals surface area (Å²) in [6, 6.07) is 0. The van der Waals surface area contributed by atoms with Crippen molar-refractivity contribution in [3.05, 3.63) is 0 Å². The summed E-state index contributed by atoms with van der Waals surface area (Å²) in [5.41, 5.74) is 0. The molecule has 0 radical (unpaired) electrons. The van der Waals surface area contributed by atoms with Crippen molar-refractivity contribution in [2.45, 2.75) is 44.8 Å². The van der Waals surface area contributed by atoms with Crippen LogP contribution in [0.5, 0.6) is 0 Å². The number of nitrogens with one attached hydrogen (secondary N) is 1. The van der Waals surface area contributed by atoms with Crippen LogP contribution in [0.1, 0.15) is 32.6 Å². The molecule has 0 bridgehead atoms. The molecule has 0 aromatic rings. The van der Waals surface area contributed by atoms with Gasteiger partial charge < -0.3 is 10.1 Å². The molecule has 1 saturated carbocycles. The molecular formula is C10H19NO. The lowest BCUT2D eigenvalue weighted by Crippen LogP contribution is -2.38. The van der Waals surface area contributed by atoms with Gasteiger partial charge in [0.25, 0.3) is 0 Å². The summed E-state index contributed by atoms with van der Waals surface area (Å²) in [5, 5.41) is 3.35. The molecule has 0 amide bonds. The van der Waals surface area contributed by atoms with Gasteiger partial charge in [0.15, 0.2) is 0 Å². The topological polar surface area (TPSA) is 21.3 Å². The number of rotatable bonds is 2. The summed E-state index contributed by atoms with van der Waals surface area (Å²) in [7, 11) is 0. The van der Waals surface area contributed by atoms with Crippen molar-refractivity contribution in [2.75, 3.05) is 13.1 Å². The molecule has 2 aliphatic rings. The Morgan fingerprint density at radius 1 is 1.08 bits per heavy atom. The van der Waals surface area contributed by atoms with Crippen molar-refractivity contribution in [2.24, 2.45) is 5.92 Å². The van der Waals surface area contributed by atoms with Crippen LogP contribution < -0.4 is 5.32 Å². The second-order valence-electron chi connectivity index (χ2n) is 4.28. The predicted molar refractivity (Wildman–Crippen MR) is 49.2 cm³/mol. The maximum Gasteiger partial charge on any atom is 0.0603 e. The Labute approximate surface area is 74.7 Å². The van der Waals surface area contributed by atoms with Gasteiger partial charge in [0.1, 0.15) is 0 Å². The van der Waals surface area contributed by atoms with Crippen molar-refractivity contribution in [3.8, 4) is 0 Å². The third-order valence-electron chi connectivity index (χ3n) is 3.00. The van der Waals surface area contributed by atoms with E-state index in [2.05, 4.69) is 12.2 Å². The fourth-order valence-electron chi connectivity index (χ4n) is 2.14. The van der Waals surface area contributed by atoms with Crippen LogP contribution in [0.3, 0.4) is 0 Å². The zero-order valence-corrected chi connectivity index (χ0v) is 7.88. The molecular weight excluding hydrogens is 150 g/mol. The summed E-state index contributed by atoms with van der Waals surface area (Å²) in [6.45, 7) is 4.60. The predicted octanol–water partition coefficient (Wildman–Crippen LogP) is 1.55. The number of hydrogen-bond donors (Lipinski definition) is 1. The Hall–Kier alpha value is -0.0800. The van der Waals surface area contributed by atoms with E-state index in [-0.39, 0.29) is 0 Å². The van der Waals surface area contributed by atoms with Gasteiger partial charge in [0.2, 0.25) is 0 Å². The molecule has 2 nitrogen and oxygen atoms in total. The van der Waals surface area contributed by atoms with Crippen molar-refractivity contribution in [1.82, 2.24) is 5.32 Å². The van der Waals surface area contributed by atoms with E-state index >= 15 is 0 Å². The molecule has 0 unspecified atom stereocenters. The van der Waals surface area contributed by atoms with Gasteiger partial charge in [-0.2, -0.15) is 0 Å². The molecule has 1 saturated heterocycles. The highest BCUT2D eigenvalue weighted by Crippen LogP contribution is 2.31. The molecule has 1 aliphatic heterocycles. The van der Waals surface area contributed by atoms with Crippen LogP contribution in [-0.4, -0.2) is 25.3 Å². The molecule has 12 heavy (non-hydrogen) atoms. The molecule has 2 fully saturated rings. The highest BCUT2D eigenvalue weighted by atomic mass is 16.5. The van der Waals surface area contributed by atoms with E-state index in [0.29, 0.717) is 12.2 Å². The fourth-order valence-corrected chi connectivity index (χ4v) is 2.14. The third-order valence-corrected chi connectivity index (χ3v) is 3.00. The van der Waals surface area contributed by atoms with Gasteiger partial charge in [-0.3, -0.25) is 0 Å². The molecule has 2 heteroatoms. The quantitative estimate of drug-likeness (QED) is 0.677. The molecule has 2 rings (SSSR count). The number of hydrogen-bond acceptors (Lipinski definition) is 2. The van der Waals surface area contributed by atoms with Crippen LogP contribution in [0.25, 0.3) is 0 Å². The lowest BCUT2D eigenvalue weighted by atomic mass is 9.84. The summed E-state index contributed by atoms with van der Waals surface area (Å²) in [4.78, 5) is 0. The standard InChI is InChI=1S/C10H19NO/c1-8-6-10(7-8)12-9-2-4-11-5-3-9/h8-11H,2-7H2,1H3/t8-,10-. The van der Waals surface area contributed by atoms with E-state index in [4.69, 9.17) is 4.74 Å². The maximum atomic E-state index is 5.96. The van der Waals surface area contributed by atoms with Crippen molar-refractivity contribution >= 4 is 0 Å². The lowest BCUT2D eigenvalue weighted by Gasteiger charge is -2.36.